The highest BCUT2D eigenvalue weighted by Gasteiger charge is 2.31. The van der Waals surface area contributed by atoms with Gasteiger partial charge in [-0.3, -0.25) is 8.51 Å². The summed E-state index contributed by atoms with van der Waals surface area (Å²) in [6.07, 6.45) is 0.202. The highest BCUT2D eigenvalue weighted by atomic mass is 32.2. The molecule has 0 amide bonds. The van der Waals surface area contributed by atoms with Gasteiger partial charge in [0.25, 0.3) is 0 Å². The maximum atomic E-state index is 11.4. The molecular weight excluding hydrogens is 272 g/mol. The van der Waals surface area contributed by atoms with E-state index < -0.39 is 23.3 Å². The summed E-state index contributed by atoms with van der Waals surface area (Å²) in [6, 6.07) is -1.17. The van der Waals surface area contributed by atoms with Crippen LogP contribution in [-0.2, 0) is 16.1 Å². The molecule has 0 aliphatic heterocycles. The number of rotatable bonds is 6. The second kappa shape index (κ2) is 6.16. The molecule has 108 valence electrons. The Morgan fingerprint density at radius 3 is 2.42 bits per heavy atom. The zero-order chi connectivity index (χ0) is 14.7. The van der Waals surface area contributed by atoms with Gasteiger partial charge >= 0.3 is 5.97 Å². The molecule has 1 rings (SSSR count). The summed E-state index contributed by atoms with van der Waals surface area (Å²) in [5.41, 5.74) is 0.540. The topological polar surface area (TPSA) is 107 Å². The van der Waals surface area contributed by atoms with E-state index in [-0.39, 0.29) is 23.8 Å². The molecule has 0 saturated heterocycles. The third-order valence-electron chi connectivity index (χ3n) is 2.64. The molecule has 1 heterocycles. The highest BCUT2D eigenvalue weighted by molar-refractivity contribution is 7.80. The minimum Gasteiger partial charge on any atom is -0.755 e. The number of carbonyl (C=O) groups is 1. The van der Waals surface area contributed by atoms with Crippen molar-refractivity contribution in [2.75, 3.05) is 4.31 Å². The lowest BCUT2D eigenvalue weighted by molar-refractivity contribution is -0.138. The molecule has 0 aliphatic rings. The quantitative estimate of drug-likeness (QED) is 0.793. The van der Waals surface area contributed by atoms with Crippen molar-refractivity contribution in [2.24, 2.45) is 5.92 Å². The van der Waals surface area contributed by atoms with E-state index >= 15 is 0 Å². The fraction of sp³-hybridized carbons (Fsp3) is 0.636. The predicted molar refractivity (Wildman–Crippen MR) is 68.3 cm³/mol. The Labute approximate surface area is 114 Å². The van der Waals surface area contributed by atoms with Crippen molar-refractivity contribution < 1.29 is 23.2 Å². The van der Waals surface area contributed by atoms with Crippen molar-refractivity contribution in [3.05, 3.63) is 11.5 Å². The number of carboxylic acids is 1. The zero-order valence-electron chi connectivity index (χ0n) is 11.2. The van der Waals surface area contributed by atoms with Gasteiger partial charge in [-0.2, -0.15) is 0 Å². The van der Waals surface area contributed by atoms with Gasteiger partial charge in [-0.25, -0.2) is 4.79 Å². The largest absolute Gasteiger partial charge is 0.755 e. The second-order valence-corrected chi connectivity index (χ2v) is 5.53. The van der Waals surface area contributed by atoms with Crippen molar-refractivity contribution >= 4 is 22.9 Å². The van der Waals surface area contributed by atoms with Gasteiger partial charge in [0.05, 0.1) is 0 Å². The first-order valence-corrected chi connectivity index (χ1v) is 6.83. The van der Waals surface area contributed by atoms with Crippen LogP contribution >= 0.6 is 0 Å². The number of aliphatic carboxylic acids is 1. The number of carboxylic acid groups (broad SMARTS) is 1. The lowest BCUT2D eigenvalue weighted by Gasteiger charge is -2.32. The van der Waals surface area contributed by atoms with Crippen molar-refractivity contribution in [3.8, 4) is 0 Å². The van der Waals surface area contributed by atoms with E-state index in [1.807, 2.05) is 13.8 Å². The maximum absolute atomic E-state index is 11.4. The third kappa shape index (κ3) is 3.54. The number of hydrogen-bond acceptors (Lipinski definition) is 5. The fourth-order valence-corrected chi connectivity index (χ4v) is 2.66. The van der Waals surface area contributed by atoms with Crippen LogP contribution < -0.4 is 4.31 Å². The minimum absolute atomic E-state index is 0.0348. The predicted octanol–water partition coefficient (Wildman–Crippen LogP) is 1.39. The van der Waals surface area contributed by atoms with Gasteiger partial charge in [0.15, 0.2) is 5.76 Å². The summed E-state index contributed by atoms with van der Waals surface area (Å²) in [4.78, 5) is 11.3. The molecule has 1 aromatic heterocycles. The summed E-state index contributed by atoms with van der Waals surface area (Å²) in [6.45, 7) is 6.77. The molecule has 0 radical (unpaired) electrons. The van der Waals surface area contributed by atoms with Crippen LogP contribution in [0.25, 0.3) is 0 Å². The Bertz CT molecular complexity index is 466. The molecule has 0 fully saturated rings. The Kier molecular flexibility index (Phi) is 5.07. The summed E-state index contributed by atoms with van der Waals surface area (Å²) in [5, 5.41) is 12.9. The van der Waals surface area contributed by atoms with Crippen molar-refractivity contribution in [3.63, 3.8) is 0 Å². The van der Waals surface area contributed by atoms with E-state index in [4.69, 9.17) is 4.52 Å². The average molecular weight is 289 g/mol. The van der Waals surface area contributed by atoms with E-state index in [9.17, 15) is 18.7 Å². The molecular formula is C11H17N2O5S-. The molecule has 0 spiro atoms. The van der Waals surface area contributed by atoms with Crippen LogP contribution in [0.2, 0.25) is 0 Å². The Balaban J connectivity index is 3.26. The van der Waals surface area contributed by atoms with Crippen LogP contribution in [0.4, 0.5) is 5.69 Å². The molecule has 7 nitrogen and oxygen atoms in total. The first-order chi connectivity index (χ1) is 8.75. The summed E-state index contributed by atoms with van der Waals surface area (Å²) in [5.74, 6) is -0.887. The normalized spacial score (nSPS) is 14.4. The van der Waals surface area contributed by atoms with Crippen LogP contribution in [0.3, 0.4) is 0 Å². The fourth-order valence-electron chi connectivity index (χ4n) is 1.87. The molecule has 19 heavy (non-hydrogen) atoms. The van der Waals surface area contributed by atoms with Gasteiger partial charge in [-0.1, -0.05) is 19.0 Å². The number of nitrogens with zero attached hydrogens (tertiary/aromatic N) is 2. The van der Waals surface area contributed by atoms with Crippen LogP contribution in [0, 0.1) is 19.8 Å². The van der Waals surface area contributed by atoms with E-state index in [0.717, 1.165) is 4.31 Å². The molecule has 1 aromatic rings. The number of anilines is 1. The zero-order valence-corrected chi connectivity index (χ0v) is 12.1. The van der Waals surface area contributed by atoms with Gasteiger partial charge in [-0.15, -0.1) is 0 Å². The van der Waals surface area contributed by atoms with E-state index in [1.54, 1.807) is 13.8 Å². The second-order valence-electron chi connectivity index (χ2n) is 4.70. The van der Waals surface area contributed by atoms with Crippen LogP contribution in [0.1, 0.15) is 31.7 Å². The number of aromatic nitrogens is 1. The molecule has 1 N–H and O–H groups in total. The first-order valence-electron chi connectivity index (χ1n) is 5.80. The lowest BCUT2D eigenvalue weighted by atomic mass is 10.0. The number of aryl methyl sites for hydroxylation is 2. The molecule has 0 aromatic carbocycles. The van der Waals surface area contributed by atoms with E-state index in [2.05, 4.69) is 5.16 Å². The van der Waals surface area contributed by atoms with Crippen LogP contribution in [-0.4, -0.2) is 31.0 Å². The standard InChI is InChI=1S/C11H18N2O5S/c1-6(2)5-9(11(14)15)13(19(16)17)10-7(3)12-18-8(10)4/h6,9H,5H2,1-4H3,(H,14,15)(H,16,17)/p-1. The molecule has 2 unspecified atom stereocenters. The van der Waals surface area contributed by atoms with Crippen molar-refractivity contribution in [1.29, 1.82) is 0 Å². The third-order valence-corrected chi connectivity index (χ3v) is 3.40. The van der Waals surface area contributed by atoms with Gasteiger partial charge in [-0.05, 0) is 26.2 Å². The van der Waals surface area contributed by atoms with Gasteiger partial charge in [0.1, 0.15) is 17.4 Å². The summed E-state index contributed by atoms with van der Waals surface area (Å²) >= 11 is -2.72. The lowest BCUT2D eigenvalue weighted by Crippen LogP contribution is -2.43. The van der Waals surface area contributed by atoms with Gasteiger partial charge in [0, 0.05) is 11.3 Å². The molecule has 2 atom stereocenters. The molecule has 0 bridgehead atoms. The Morgan fingerprint density at radius 2 is 2.11 bits per heavy atom. The van der Waals surface area contributed by atoms with Gasteiger partial charge in [0.2, 0.25) is 0 Å². The summed E-state index contributed by atoms with van der Waals surface area (Å²) < 4.78 is 28.6. The SMILES string of the molecule is Cc1noc(C)c1N(C(CC(C)C)C(=O)O)S(=O)[O-]. The van der Waals surface area contributed by atoms with Crippen molar-refractivity contribution in [1.82, 2.24) is 5.16 Å². The highest BCUT2D eigenvalue weighted by Crippen LogP contribution is 2.29. The summed E-state index contributed by atoms with van der Waals surface area (Å²) in [7, 11) is 0. The molecule has 8 heteroatoms. The van der Waals surface area contributed by atoms with Crippen LogP contribution in [0.15, 0.2) is 4.52 Å². The first kappa shape index (κ1) is 15.6. The molecule has 0 aliphatic carbocycles. The smallest absolute Gasteiger partial charge is 0.327 e. The van der Waals surface area contributed by atoms with Crippen LogP contribution in [0.5, 0.6) is 0 Å². The number of hydrogen-bond donors (Lipinski definition) is 1. The monoisotopic (exact) mass is 289 g/mol. The van der Waals surface area contributed by atoms with E-state index in [0.29, 0.717) is 5.69 Å². The maximum Gasteiger partial charge on any atom is 0.327 e. The Hall–Kier alpha value is -1.41. The molecule has 0 saturated carbocycles. The minimum atomic E-state index is -2.72. The van der Waals surface area contributed by atoms with E-state index in [1.165, 1.54) is 0 Å². The van der Waals surface area contributed by atoms with Crippen molar-refractivity contribution in [2.45, 2.75) is 40.2 Å². The average Bonchev–Trinajstić information content (AvgIpc) is 2.58. The van der Waals surface area contributed by atoms with Gasteiger partial charge < -0.3 is 14.2 Å². The Morgan fingerprint density at radius 1 is 1.53 bits per heavy atom.